The van der Waals surface area contributed by atoms with Crippen LogP contribution >= 0.6 is 11.6 Å². The summed E-state index contributed by atoms with van der Waals surface area (Å²) < 4.78 is 16.0. The maximum atomic E-state index is 14.3. The number of imidazole rings is 1. The lowest BCUT2D eigenvalue weighted by molar-refractivity contribution is 0.614. The lowest BCUT2D eigenvalue weighted by atomic mass is 10.2. The molecule has 0 aliphatic heterocycles. The molecule has 0 spiro atoms. The molecule has 5 nitrogen and oxygen atoms in total. The second-order valence-electron chi connectivity index (χ2n) is 4.71. The summed E-state index contributed by atoms with van der Waals surface area (Å²) in [6, 6.07) is 5.06. The lowest BCUT2D eigenvalue weighted by Gasteiger charge is -2.09. The molecule has 0 saturated heterocycles. The van der Waals surface area contributed by atoms with Crippen LogP contribution in [0.2, 0.25) is 5.15 Å². The molecule has 0 atom stereocenters. The molecule has 0 radical (unpaired) electrons. The fraction of sp³-hybridized carbons (Fsp3) is 0.133. The van der Waals surface area contributed by atoms with Gasteiger partial charge in [0.15, 0.2) is 0 Å². The van der Waals surface area contributed by atoms with Gasteiger partial charge in [0, 0.05) is 18.9 Å². The maximum absolute atomic E-state index is 14.3. The van der Waals surface area contributed by atoms with Crippen molar-refractivity contribution in [2.24, 2.45) is 0 Å². The molecule has 0 saturated carbocycles. The molecule has 2 aromatic heterocycles. The predicted molar refractivity (Wildman–Crippen MR) is 82.6 cm³/mol. The number of nitrogens with zero attached hydrogens (tertiary/aromatic N) is 4. The zero-order chi connectivity index (χ0) is 15.5. The number of anilines is 1. The molecule has 0 amide bonds. The normalized spacial score (nSPS) is 10.7. The molecular weight excluding hydrogens is 305 g/mol. The summed E-state index contributed by atoms with van der Waals surface area (Å²) in [7, 11) is 0. The number of hydrogen-bond donors (Lipinski definition) is 1. The minimum atomic E-state index is -0.308. The zero-order valence-corrected chi connectivity index (χ0v) is 12.5. The summed E-state index contributed by atoms with van der Waals surface area (Å²) in [5.41, 5.74) is 1.27. The second-order valence-corrected chi connectivity index (χ2v) is 5.10. The Morgan fingerprint density at radius 1 is 1.32 bits per heavy atom. The molecule has 0 fully saturated rings. The summed E-state index contributed by atoms with van der Waals surface area (Å²) in [6.45, 7) is 2.25. The van der Waals surface area contributed by atoms with E-state index in [0.29, 0.717) is 23.2 Å². The maximum Gasteiger partial charge on any atom is 0.149 e. The molecule has 1 aromatic carbocycles. The first-order valence-electron chi connectivity index (χ1n) is 6.63. The van der Waals surface area contributed by atoms with Crippen molar-refractivity contribution in [3.05, 3.63) is 65.3 Å². The zero-order valence-electron chi connectivity index (χ0n) is 11.8. The van der Waals surface area contributed by atoms with Crippen molar-refractivity contribution in [3.63, 3.8) is 0 Å². The van der Waals surface area contributed by atoms with Gasteiger partial charge in [-0.05, 0) is 24.6 Å². The Morgan fingerprint density at radius 3 is 2.86 bits per heavy atom. The second kappa shape index (κ2) is 6.11. The Hall–Kier alpha value is -2.47. The summed E-state index contributed by atoms with van der Waals surface area (Å²) in [5, 5.41) is 3.36. The molecule has 3 aromatic rings. The van der Waals surface area contributed by atoms with E-state index >= 15 is 0 Å². The summed E-state index contributed by atoms with van der Waals surface area (Å²) in [6.07, 6.45) is 6.38. The van der Waals surface area contributed by atoms with Gasteiger partial charge >= 0.3 is 0 Å². The Balaban J connectivity index is 1.76. The highest BCUT2D eigenvalue weighted by Gasteiger charge is 2.08. The number of halogens is 2. The van der Waals surface area contributed by atoms with Gasteiger partial charge in [-0.3, -0.25) is 4.98 Å². The fourth-order valence-electron chi connectivity index (χ4n) is 2.11. The highest BCUT2D eigenvalue weighted by atomic mass is 35.5. The van der Waals surface area contributed by atoms with Gasteiger partial charge in [0.25, 0.3) is 0 Å². The van der Waals surface area contributed by atoms with Gasteiger partial charge in [-0.2, -0.15) is 0 Å². The van der Waals surface area contributed by atoms with Gasteiger partial charge in [-0.1, -0.05) is 17.7 Å². The van der Waals surface area contributed by atoms with Crippen molar-refractivity contribution in [1.29, 1.82) is 0 Å². The Bertz CT molecular complexity index is 802. The predicted octanol–water partition coefficient (Wildman–Crippen LogP) is 3.38. The highest BCUT2D eigenvalue weighted by molar-refractivity contribution is 6.29. The van der Waals surface area contributed by atoms with Crippen LogP contribution in [0.4, 0.5) is 10.2 Å². The number of benzene rings is 1. The molecule has 3 rings (SSSR count). The van der Waals surface area contributed by atoms with Crippen LogP contribution in [0.15, 0.2) is 43.0 Å². The van der Waals surface area contributed by atoms with Crippen LogP contribution < -0.4 is 5.32 Å². The summed E-state index contributed by atoms with van der Waals surface area (Å²) in [5.74, 6) is 0.971. The van der Waals surface area contributed by atoms with Crippen molar-refractivity contribution in [2.45, 2.75) is 13.5 Å². The van der Waals surface area contributed by atoms with Crippen LogP contribution in [0.5, 0.6) is 0 Å². The van der Waals surface area contributed by atoms with Crippen LogP contribution in [-0.4, -0.2) is 19.5 Å². The third kappa shape index (κ3) is 3.07. The number of rotatable bonds is 4. The minimum absolute atomic E-state index is 0.308. The van der Waals surface area contributed by atoms with Gasteiger partial charge in [0.2, 0.25) is 0 Å². The molecule has 22 heavy (non-hydrogen) atoms. The van der Waals surface area contributed by atoms with E-state index in [-0.39, 0.29) is 5.82 Å². The van der Waals surface area contributed by atoms with Gasteiger partial charge < -0.3 is 9.88 Å². The van der Waals surface area contributed by atoms with E-state index in [2.05, 4.69) is 20.3 Å². The number of aromatic nitrogens is 4. The average molecular weight is 318 g/mol. The summed E-state index contributed by atoms with van der Waals surface area (Å²) in [4.78, 5) is 12.1. The smallest absolute Gasteiger partial charge is 0.149 e. The van der Waals surface area contributed by atoms with E-state index in [4.69, 9.17) is 11.6 Å². The van der Waals surface area contributed by atoms with E-state index in [1.807, 2.05) is 13.0 Å². The van der Waals surface area contributed by atoms with E-state index in [0.717, 1.165) is 11.4 Å². The number of aryl methyl sites for hydroxylation is 1. The topological polar surface area (TPSA) is 55.6 Å². The standard InChI is InChI=1S/C15H13ClFN5/c1-10-19-4-5-22(10)13-3-2-11(6-12(13)17)7-20-15-9-18-8-14(16)21-15/h2-6,8-9H,7H2,1H3,(H,20,21). The monoisotopic (exact) mass is 317 g/mol. The minimum Gasteiger partial charge on any atom is -0.365 e. The molecule has 2 heterocycles. The van der Waals surface area contributed by atoms with Crippen LogP contribution in [-0.2, 0) is 6.54 Å². The van der Waals surface area contributed by atoms with E-state index < -0.39 is 0 Å². The van der Waals surface area contributed by atoms with Crippen molar-refractivity contribution in [2.75, 3.05) is 5.32 Å². The highest BCUT2D eigenvalue weighted by Crippen LogP contribution is 2.17. The Labute approximate surface area is 131 Å². The molecule has 0 bridgehead atoms. The van der Waals surface area contributed by atoms with Gasteiger partial charge in [-0.25, -0.2) is 14.4 Å². The average Bonchev–Trinajstić information content (AvgIpc) is 2.91. The van der Waals surface area contributed by atoms with Gasteiger partial charge in [0.05, 0.1) is 18.1 Å². The molecule has 1 N–H and O–H groups in total. The van der Waals surface area contributed by atoms with Gasteiger partial charge in [0.1, 0.15) is 22.6 Å². The first kappa shape index (κ1) is 14.5. The summed E-state index contributed by atoms with van der Waals surface area (Å²) >= 11 is 5.76. The largest absolute Gasteiger partial charge is 0.365 e. The molecule has 112 valence electrons. The number of hydrogen-bond acceptors (Lipinski definition) is 4. The molecule has 0 unspecified atom stereocenters. The molecule has 7 heteroatoms. The van der Waals surface area contributed by atoms with E-state index in [1.54, 1.807) is 29.2 Å². The first-order valence-corrected chi connectivity index (χ1v) is 7.01. The third-order valence-electron chi connectivity index (χ3n) is 3.18. The molecular formula is C15H13ClFN5. The Morgan fingerprint density at radius 2 is 2.18 bits per heavy atom. The van der Waals surface area contributed by atoms with Crippen LogP contribution in [0.25, 0.3) is 5.69 Å². The van der Waals surface area contributed by atoms with Crippen molar-refractivity contribution in [3.8, 4) is 5.69 Å². The van der Waals surface area contributed by atoms with Crippen LogP contribution in [0, 0.1) is 12.7 Å². The quantitative estimate of drug-likeness (QED) is 0.801. The van der Waals surface area contributed by atoms with Gasteiger partial charge in [-0.15, -0.1) is 0 Å². The number of nitrogens with one attached hydrogen (secondary N) is 1. The fourth-order valence-corrected chi connectivity index (χ4v) is 2.26. The third-order valence-corrected chi connectivity index (χ3v) is 3.36. The van der Waals surface area contributed by atoms with Crippen LogP contribution in [0.1, 0.15) is 11.4 Å². The molecule has 0 aliphatic carbocycles. The Kier molecular flexibility index (Phi) is 4.02. The van der Waals surface area contributed by atoms with Crippen molar-refractivity contribution in [1.82, 2.24) is 19.5 Å². The SMILES string of the molecule is Cc1nccn1-c1ccc(CNc2cncc(Cl)n2)cc1F. The molecule has 0 aliphatic rings. The van der Waals surface area contributed by atoms with E-state index in [1.165, 1.54) is 12.3 Å². The van der Waals surface area contributed by atoms with Crippen LogP contribution in [0.3, 0.4) is 0 Å². The van der Waals surface area contributed by atoms with Crippen molar-refractivity contribution >= 4 is 17.4 Å². The van der Waals surface area contributed by atoms with Crippen molar-refractivity contribution < 1.29 is 4.39 Å². The lowest BCUT2D eigenvalue weighted by Crippen LogP contribution is -2.04. The van der Waals surface area contributed by atoms with E-state index in [9.17, 15) is 4.39 Å². The first-order chi connectivity index (χ1) is 10.6.